The first kappa shape index (κ1) is 10.3. The van der Waals surface area contributed by atoms with Gasteiger partial charge in [-0.05, 0) is 0 Å². The van der Waals surface area contributed by atoms with Crippen molar-refractivity contribution in [3.8, 4) is 0 Å². The van der Waals surface area contributed by atoms with E-state index in [0.29, 0.717) is 5.75 Å². The zero-order valence-electron chi connectivity index (χ0n) is 4.02. The van der Waals surface area contributed by atoms with Crippen LogP contribution in [0, 0.1) is 0 Å². The fraction of sp³-hybridized carbons (Fsp3) is 1.00. The Balaban J connectivity index is 0. The Morgan fingerprint density at radius 3 is 1.83 bits per heavy atom. The van der Waals surface area contributed by atoms with Crippen molar-refractivity contribution in [1.29, 1.82) is 0 Å². The van der Waals surface area contributed by atoms with Gasteiger partial charge in [-0.2, -0.15) is 12.6 Å². The summed E-state index contributed by atoms with van der Waals surface area (Å²) in [6.07, 6.45) is 0. The van der Waals surface area contributed by atoms with E-state index in [1.807, 2.05) is 0 Å². The van der Waals surface area contributed by atoms with Crippen LogP contribution in [0.1, 0.15) is 0 Å². The van der Waals surface area contributed by atoms with E-state index in [2.05, 4.69) is 17.1 Å². The second-order valence-corrected chi connectivity index (χ2v) is 0.894. The normalized spacial score (nSPS) is 6.17. The first-order valence-electron chi connectivity index (χ1n) is 1.84. The summed E-state index contributed by atoms with van der Waals surface area (Å²) in [6, 6.07) is 0. The molecule has 0 aliphatic carbocycles. The quantitative estimate of drug-likeness (QED) is 0.533. The SMILES string of the molecule is OCCS.[CH3][Hg]. The van der Waals surface area contributed by atoms with E-state index >= 15 is 0 Å². The molecule has 0 saturated heterocycles. The Hall–Kier alpha value is 1.25. The summed E-state index contributed by atoms with van der Waals surface area (Å²) in [5.74, 6) is 0.569. The molecule has 0 bridgehead atoms. The third-order valence-corrected chi connectivity index (χ3v) is 0.300. The molecule has 1 nitrogen and oxygen atoms in total. The number of hydrogen-bond acceptors (Lipinski definition) is 2. The van der Waals surface area contributed by atoms with Crippen molar-refractivity contribution in [2.24, 2.45) is 0 Å². The van der Waals surface area contributed by atoms with Gasteiger partial charge in [0.1, 0.15) is 0 Å². The average molecular weight is 294 g/mol. The fourth-order valence-corrected chi connectivity index (χ4v) is 0. The zero-order valence-corrected chi connectivity index (χ0v) is 10.4. The second-order valence-electron chi connectivity index (χ2n) is 0.447. The Kier molecular flexibility index (Phi) is 27.9. The van der Waals surface area contributed by atoms with Gasteiger partial charge in [-0.3, -0.25) is 0 Å². The monoisotopic (exact) mass is 295 g/mol. The van der Waals surface area contributed by atoms with E-state index < -0.39 is 0 Å². The first-order valence-corrected chi connectivity index (χ1v) is 7.97. The van der Waals surface area contributed by atoms with Gasteiger partial charge in [-0.25, -0.2) is 0 Å². The van der Waals surface area contributed by atoms with Gasteiger partial charge in [-0.15, -0.1) is 0 Å². The van der Waals surface area contributed by atoms with Gasteiger partial charge in [0.05, 0.1) is 6.61 Å². The van der Waals surface area contributed by atoms with Crippen LogP contribution >= 0.6 is 12.6 Å². The summed E-state index contributed by atoms with van der Waals surface area (Å²) in [4.78, 5) is 0. The van der Waals surface area contributed by atoms with Crippen molar-refractivity contribution in [3.05, 3.63) is 0 Å². The molecule has 0 aromatic heterocycles. The van der Waals surface area contributed by atoms with Gasteiger partial charge in [0.2, 0.25) is 0 Å². The van der Waals surface area contributed by atoms with Crippen molar-refractivity contribution in [2.75, 3.05) is 12.4 Å². The summed E-state index contributed by atoms with van der Waals surface area (Å²) in [5.41, 5.74) is 0. The van der Waals surface area contributed by atoms with Crippen molar-refractivity contribution in [3.63, 3.8) is 0 Å². The number of hydrogen-bond donors (Lipinski definition) is 2. The predicted octanol–water partition coefficient (Wildman–Crippen LogP) is 0.490. The molecule has 0 atom stereocenters. The second kappa shape index (κ2) is 16.3. The molecule has 0 saturated carbocycles. The standard InChI is InChI=1S/C2H6OS.CH3.Hg/c3-1-2-4;;/h3-4H,1-2H2;1H3;. The fourth-order valence-electron chi connectivity index (χ4n) is 0. The third kappa shape index (κ3) is 18.8. The van der Waals surface area contributed by atoms with Crippen molar-refractivity contribution in [1.82, 2.24) is 0 Å². The van der Waals surface area contributed by atoms with Gasteiger partial charge in [-0.1, -0.05) is 0 Å². The Morgan fingerprint density at radius 1 is 1.67 bits per heavy atom. The average Bonchev–Trinajstić information content (AvgIpc) is 1.72. The van der Waals surface area contributed by atoms with Crippen LogP contribution in [0.2, 0.25) is 4.43 Å². The molecule has 0 fully saturated rings. The molecule has 6 heavy (non-hydrogen) atoms. The minimum atomic E-state index is 0.184. The maximum atomic E-state index is 7.80. The van der Waals surface area contributed by atoms with Crippen molar-refractivity contribution in [2.45, 2.75) is 4.43 Å². The number of rotatable bonds is 1. The summed E-state index contributed by atoms with van der Waals surface area (Å²) in [6.45, 7) is 0.184. The van der Waals surface area contributed by atoms with Crippen LogP contribution in [0.25, 0.3) is 0 Å². The van der Waals surface area contributed by atoms with Gasteiger partial charge in [0.25, 0.3) is 0 Å². The molecule has 0 spiro atoms. The molecule has 35 valence electrons. The third-order valence-electron chi connectivity index (χ3n) is 0.1000. The van der Waals surface area contributed by atoms with Gasteiger partial charge in [0.15, 0.2) is 0 Å². The van der Waals surface area contributed by atoms with E-state index in [-0.39, 0.29) is 6.61 Å². The number of thiol groups is 1. The summed E-state index contributed by atoms with van der Waals surface area (Å²) >= 11 is 4.70. The van der Waals surface area contributed by atoms with Crippen LogP contribution in [0.5, 0.6) is 0 Å². The Bertz CT molecular complexity index is 12.8. The molecule has 0 aromatic rings. The van der Waals surface area contributed by atoms with Crippen LogP contribution in [-0.2, 0) is 26.1 Å². The predicted molar refractivity (Wildman–Crippen MR) is 26.8 cm³/mol. The molecule has 0 rings (SSSR count). The van der Waals surface area contributed by atoms with Crippen molar-refractivity contribution < 1.29 is 31.2 Å². The topological polar surface area (TPSA) is 20.2 Å². The molecular weight excluding hydrogens is 285 g/mol. The van der Waals surface area contributed by atoms with E-state index in [1.54, 1.807) is 0 Å². The maximum absolute atomic E-state index is 7.80. The Labute approximate surface area is 60.5 Å². The molecular formula is C3H9HgOS. The minimum absolute atomic E-state index is 0.184. The van der Waals surface area contributed by atoms with Crippen LogP contribution in [-0.4, -0.2) is 17.5 Å². The molecule has 0 aliphatic heterocycles. The molecule has 0 aliphatic rings. The van der Waals surface area contributed by atoms with Gasteiger partial charge < -0.3 is 5.11 Å². The molecule has 0 heterocycles. The summed E-state index contributed by atoms with van der Waals surface area (Å²) < 4.78 is 2.19. The van der Waals surface area contributed by atoms with Gasteiger partial charge in [0, 0.05) is 5.75 Å². The number of aliphatic hydroxyl groups excluding tert-OH is 1. The van der Waals surface area contributed by atoms with Crippen LogP contribution in [0.3, 0.4) is 0 Å². The molecule has 0 radical (unpaired) electrons. The van der Waals surface area contributed by atoms with E-state index in [9.17, 15) is 0 Å². The summed E-state index contributed by atoms with van der Waals surface area (Å²) in [7, 11) is 0. The number of aliphatic hydroxyl groups is 1. The van der Waals surface area contributed by atoms with E-state index in [4.69, 9.17) is 5.11 Å². The van der Waals surface area contributed by atoms with Crippen molar-refractivity contribution >= 4 is 12.6 Å². The van der Waals surface area contributed by atoms with Gasteiger partial charge >= 0.3 is 30.6 Å². The van der Waals surface area contributed by atoms with Crippen LogP contribution < -0.4 is 0 Å². The molecule has 3 heteroatoms. The van der Waals surface area contributed by atoms with E-state index in [1.165, 1.54) is 0 Å². The van der Waals surface area contributed by atoms with Crippen LogP contribution in [0.15, 0.2) is 0 Å². The molecule has 0 aromatic carbocycles. The molecule has 0 unspecified atom stereocenters. The molecule has 0 amide bonds. The zero-order chi connectivity index (χ0) is 5.41. The first-order chi connectivity index (χ1) is 2.91. The summed E-state index contributed by atoms with van der Waals surface area (Å²) in [5, 5.41) is 7.80. The van der Waals surface area contributed by atoms with Crippen LogP contribution in [0.4, 0.5) is 0 Å². The van der Waals surface area contributed by atoms with E-state index in [0.717, 1.165) is 26.1 Å². The molecule has 1 N–H and O–H groups in total. The Morgan fingerprint density at radius 2 is 1.83 bits per heavy atom.